The summed E-state index contributed by atoms with van der Waals surface area (Å²) in [4.78, 5) is 38.1. The summed E-state index contributed by atoms with van der Waals surface area (Å²) >= 11 is 0. The van der Waals surface area contributed by atoms with Crippen molar-refractivity contribution in [1.29, 1.82) is 0 Å². The van der Waals surface area contributed by atoms with E-state index in [1.54, 1.807) is 0 Å². The number of nitrogens with one attached hydrogen (secondary N) is 2. The highest BCUT2D eigenvalue weighted by molar-refractivity contribution is 5.86. The smallest absolute Gasteiger partial charge is 0.411 e. The zero-order valence-corrected chi connectivity index (χ0v) is 24.5. The van der Waals surface area contributed by atoms with Crippen molar-refractivity contribution in [2.75, 3.05) is 0 Å². The van der Waals surface area contributed by atoms with Crippen molar-refractivity contribution < 1.29 is 24.2 Å². The molecule has 41 heavy (non-hydrogen) atoms. The molecule has 7 nitrogen and oxygen atoms in total. The standard InChI is InChI=1S/C34H42N2O5/c1-20-11-5-7-13-23(20)22(3)41-33(40)36-30-21(2)12-6-8-14-25(30)24-17-18-29(34(4)19-28(24)34)35-31(37)26-15-9-10-16-27(26)32(38)39/h5,7-8,11,13-14,17-18,21-22,26-28H,6,9-10,12,15-16,19H2,1-4H3,(H,35,37)(H,36,40)(H,38,39)/t21?,22-,26+,27+,28?,34?/m1/s1. The van der Waals surface area contributed by atoms with Crippen LogP contribution in [0.2, 0.25) is 0 Å². The van der Waals surface area contributed by atoms with Crippen LogP contribution in [0.1, 0.15) is 82.9 Å². The molecule has 3 unspecified atom stereocenters. The van der Waals surface area contributed by atoms with E-state index in [-0.39, 0.29) is 29.3 Å². The van der Waals surface area contributed by atoms with Crippen molar-refractivity contribution in [3.8, 4) is 0 Å². The third-order valence-electron chi connectivity index (χ3n) is 9.63. The van der Waals surface area contributed by atoms with Crippen molar-refractivity contribution in [1.82, 2.24) is 10.6 Å². The van der Waals surface area contributed by atoms with Gasteiger partial charge in [0, 0.05) is 16.8 Å². The molecule has 0 aromatic heterocycles. The predicted octanol–water partition coefficient (Wildman–Crippen LogP) is 6.88. The number of benzene rings is 1. The van der Waals surface area contributed by atoms with Gasteiger partial charge in [0.05, 0.1) is 11.8 Å². The number of aryl methyl sites for hydroxylation is 1. The van der Waals surface area contributed by atoms with Crippen LogP contribution in [0.25, 0.3) is 0 Å². The Kier molecular flexibility index (Phi) is 8.25. The summed E-state index contributed by atoms with van der Waals surface area (Å²) < 4.78 is 5.82. The van der Waals surface area contributed by atoms with Crippen LogP contribution in [0.15, 0.2) is 71.1 Å². The van der Waals surface area contributed by atoms with Gasteiger partial charge in [0.2, 0.25) is 5.91 Å². The fourth-order valence-corrected chi connectivity index (χ4v) is 6.92. The van der Waals surface area contributed by atoms with E-state index in [0.29, 0.717) is 12.8 Å². The number of carboxylic acid groups (broad SMARTS) is 1. The largest absolute Gasteiger partial charge is 0.481 e. The average molecular weight is 559 g/mol. The molecule has 218 valence electrons. The van der Waals surface area contributed by atoms with Gasteiger partial charge in [-0.25, -0.2) is 4.79 Å². The van der Waals surface area contributed by atoms with Crippen LogP contribution in [0.4, 0.5) is 4.79 Å². The molecule has 7 heteroatoms. The lowest BCUT2D eigenvalue weighted by atomic mass is 9.78. The molecule has 0 heterocycles. The lowest BCUT2D eigenvalue weighted by Crippen LogP contribution is -2.41. The maximum Gasteiger partial charge on any atom is 0.411 e. The second-order valence-corrected chi connectivity index (χ2v) is 12.4. The number of carbonyl (C=O) groups is 3. The van der Waals surface area contributed by atoms with Gasteiger partial charge >= 0.3 is 12.1 Å². The third-order valence-corrected chi connectivity index (χ3v) is 9.63. The van der Waals surface area contributed by atoms with E-state index < -0.39 is 23.9 Å². The fraction of sp³-hybridized carbons (Fsp3) is 0.500. The quantitative estimate of drug-likeness (QED) is 0.338. The third kappa shape index (κ3) is 5.90. The molecule has 2 fully saturated rings. The summed E-state index contributed by atoms with van der Waals surface area (Å²) in [5.41, 5.74) is 5.73. The van der Waals surface area contributed by atoms with Gasteiger partial charge in [0.15, 0.2) is 0 Å². The molecule has 6 atom stereocenters. The zero-order valence-electron chi connectivity index (χ0n) is 24.5. The highest BCUT2D eigenvalue weighted by Gasteiger charge is 2.57. The first-order valence-electron chi connectivity index (χ1n) is 15.0. The number of carboxylic acids is 1. The summed E-state index contributed by atoms with van der Waals surface area (Å²) in [6, 6.07) is 7.91. The number of amides is 2. The Labute approximate surface area is 242 Å². The molecule has 0 radical (unpaired) electrons. The summed E-state index contributed by atoms with van der Waals surface area (Å²) in [7, 11) is 0. The Bertz CT molecular complexity index is 1350. The minimum absolute atomic E-state index is 0.136. The van der Waals surface area contributed by atoms with E-state index in [2.05, 4.69) is 42.7 Å². The minimum atomic E-state index is -0.881. The number of ether oxygens (including phenoxy) is 1. The normalized spacial score (nSPS) is 29.8. The Morgan fingerprint density at radius 2 is 1.78 bits per heavy atom. The fourth-order valence-electron chi connectivity index (χ4n) is 6.92. The average Bonchev–Trinajstić information content (AvgIpc) is 3.68. The summed E-state index contributed by atoms with van der Waals surface area (Å²) in [5, 5.41) is 15.9. The molecule has 2 amide bonds. The van der Waals surface area contributed by atoms with Gasteiger partial charge in [-0.05, 0) is 86.1 Å². The second kappa shape index (κ2) is 11.7. The van der Waals surface area contributed by atoms with E-state index in [4.69, 9.17) is 4.74 Å². The van der Waals surface area contributed by atoms with Gasteiger partial charge < -0.3 is 15.2 Å². The minimum Gasteiger partial charge on any atom is -0.481 e. The lowest BCUT2D eigenvalue weighted by molar-refractivity contribution is -0.148. The van der Waals surface area contributed by atoms with Crippen molar-refractivity contribution in [2.24, 2.45) is 29.1 Å². The highest BCUT2D eigenvalue weighted by Crippen LogP contribution is 2.63. The monoisotopic (exact) mass is 558 g/mol. The highest BCUT2D eigenvalue weighted by atomic mass is 16.6. The molecule has 0 saturated heterocycles. The maximum absolute atomic E-state index is 13.2. The molecular formula is C34H42N2O5. The molecule has 2 saturated carbocycles. The van der Waals surface area contributed by atoms with E-state index >= 15 is 0 Å². The number of allylic oxidation sites excluding steroid dienone is 8. The number of aliphatic carboxylic acids is 1. The van der Waals surface area contributed by atoms with Gasteiger partial charge in [0.25, 0.3) is 0 Å². The topological polar surface area (TPSA) is 105 Å². The molecule has 3 N–H and O–H groups in total. The van der Waals surface area contributed by atoms with Crippen LogP contribution in [0.5, 0.6) is 0 Å². The van der Waals surface area contributed by atoms with Crippen LogP contribution in [0, 0.1) is 36.0 Å². The van der Waals surface area contributed by atoms with Gasteiger partial charge in [-0.15, -0.1) is 0 Å². The van der Waals surface area contributed by atoms with Crippen molar-refractivity contribution in [3.63, 3.8) is 0 Å². The molecule has 0 aliphatic heterocycles. The van der Waals surface area contributed by atoms with Crippen molar-refractivity contribution >= 4 is 18.0 Å². The molecule has 1 aromatic carbocycles. The molecule has 4 aliphatic carbocycles. The zero-order chi connectivity index (χ0) is 29.3. The number of hydrogen-bond acceptors (Lipinski definition) is 4. The van der Waals surface area contributed by atoms with E-state index in [0.717, 1.165) is 65.8 Å². The molecule has 5 rings (SSSR count). The molecule has 0 bridgehead atoms. The van der Waals surface area contributed by atoms with Gasteiger partial charge in [0.1, 0.15) is 6.10 Å². The van der Waals surface area contributed by atoms with Crippen LogP contribution in [-0.4, -0.2) is 23.1 Å². The van der Waals surface area contributed by atoms with Crippen LogP contribution < -0.4 is 10.6 Å². The van der Waals surface area contributed by atoms with Crippen LogP contribution >= 0.6 is 0 Å². The Morgan fingerprint density at radius 3 is 2.51 bits per heavy atom. The van der Waals surface area contributed by atoms with Gasteiger partial charge in [-0.2, -0.15) is 0 Å². The first-order chi connectivity index (χ1) is 19.6. The Morgan fingerprint density at radius 1 is 1.05 bits per heavy atom. The predicted molar refractivity (Wildman–Crippen MR) is 157 cm³/mol. The van der Waals surface area contributed by atoms with Crippen molar-refractivity contribution in [3.05, 3.63) is 82.2 Å². The first-order valence-corrected chi connectivity index (χ1v) is 15.0. The number of hydrogen-bond donors (Lipinski definition) is 3. The number of alkyl carbamates (subject to hydrolysis) is 1. The number of rotatable bonds is 7. The number of carbonyl (C=O) groups excluding carboxylic acids is 2. The molecule has 4 aliphatic rings. The SMILES string of the molecule is Cc1ccccc1[C@@H](C)OC(=O)NC1=C(C2=CC=C(NC(=O)[C@H]3CCCC[C@@H]3C(=O)O)C3(C)CC23)C=CCCC1C. The van der Waals surface area contributed by atoms with E-state index in [1.165, 1.54) is 0 Å². The summed E-state index contributed by atoms with van der Waals surface area (Å²) in [6.45, 7) is 8.19. The van der Waals surface area contributed by atoms with E-state index in [1.807, 2.05) is 44.2 Å². The summed E-state index contributed by atoms with van der Waals surface area (Å²) in [6.07, 6.45) is 13.1. The molecule has 1 aromatic rings. The second-order valence-electron chi connectivity index (χ2n) is 12.4. The van der Waals surface area contributed by atoms with Crippen LogP contribution in [0.3, 0.4) is 0 Å². The van der Waals surface area contributed by atoms with Crippen molar-refractivity contribution in [2.45, 2.75) is 78.7 Å². The Balaban J connectivity index is 1.37. The van der Waals surface area contributed by atoms with Gasteiger partial charge in [-0.1, -0.05) is 69.2 Å². The van der Waals surface area contributed by atoms with Crippen LogP contribution in [-0.2, 0) is 14.3 Å². The van der Waals surface area contributed by atoms with E-state index in [9.17, 15) is 19.5 Å². The molecule has 0 spiro atoms. The first kappa shape index (κ1) is 28.9. The number of fused-ring (bicyclic) bond motifs is 1. The maximum atomic E-state index is 13.2. The van der Waals surface area contributed by atoms with Gasteiger partial charge in [-0.3, -0.25) is 14.9 Å². The summed E-state index contributed by atoms with van der Waals surface area (Å²) in [5.74, 6) is -1.84. The molecular weight excluding hydrogens is 516 g/mol. The Hall–Kier alpha value is -3.61. The lowest BCUT2D eigenvalue weighted by Gasteiger charge is -2.30.